The molecule has 2 aliphatic heterocycles. The van der Waals surface area contributed by atoms with E-state index in [4.69, 9.17) is 37.7 Å². The van der Waals surface area contributed by atoms with Crippen LogP contribution in [0.1, 0.15) is 49.6 Å². The summed E-state index contributed by atoms with van der Waals surface area (Å²) in [5.74, 6) is -0.161. The molecule has 15 heteroatoms. The summed E-state index contributed by atoms with van der Waals surface area (Å²) in [6.45, 7) is 4.82. The van der Waals surface area contributed by atoms with Crippen LogP contribution >= 0.6 is 23.2 Å². The number of ether oxygens (including phenoxy) is 2. The van der Waals surface area contributed by atoms with Gasteiger partial charge in [0.25, 0.3) is 0 Å². The smallest absolute Gasteiger partial charge is 0.240 e. The highest BCUT2D eigenvalue weighted by Crippen LogP contribution is 2.33. The van der Waals surface area contributed by atoms with E-state index in [2.05, 4.69) is 9.47 Å². The Hall–Kier alpha value is -4.79. The number of imidazole rings is 1. The number of likely N-dealkylation sites (N-methyl/N-ethyl adjacent to an activating group) is 3. The highest BCUT2D eigenvalue weighted by Gasteiger charge is 2.38. The molecule has 4 atom stereocenters. The van der Waals surface area contributed by atoms with Gasteiger partial charge in [0.15, 0.2) is 5.78 Å². The van der Waals surface area contributed by atoms with Crippen molar-refractivity contribution < 1.29 is 28.7 Å². The highest BCUT2D eigenvalue weighted by atomic mass is 35.5. The molecule has 3 aromatic carbocycles. The number of likely N-dealkylation sites (tertiary alicyclic amines) is 1. The van der Waals surface area contributed by atoms with Crippen LogP contribution in [0.5, 0.6) is 11.5 Å². The molecule has 3 heterocycles. The zero-order valence-corrected chi connectivity index (χ0v) is 38.4. The Morgan fingerprint density at radius 3 is 2.18 bits per heavy atom. The van der Waals surface area contributed by atoms with Crippen molar-refractivity contribution in [1.29, 1.82) is 0 Å². The SMILES string of the molecule is COC[C@@H]1CC(=O)[C@H](C)N(Cc2ccc(Cl)cc2Oc2ccc(-c3cnc(CN4CCCC4)n3C)cc2)C(=O)C[C@@H](N(C)C)C(=O)N(C)C[C@@H](Cc2ccc(Cl)cc2)N(C)C1=O. The van der Waals surface area contributed by atoms with Gasteiger partial charge in [-0.15, -0.1) is 0 Å². The van der Waals surface area contributed by atoms with Crippen LogP contribution in [0.4, 0.5) is 0 Å². The van der Waals surface area contributed by atoms with E-state index < -0.39 is 30.0 Å². The predicted molar refractivity (Wildman–Crippen MR) is 241 cm³/mol. The molecule has 6 rings (SSSR count). The third-order valence-corrected chi connectivity index (χ3v) is 12.7. The first kappa shape index (κ1) is 46.7. The molecule has 0 bridgehead atoms. The third-order valence-electron chi connectivity index (χ3n) is 12.2. The summed E-state index contributed by atoms with van der Waals surface area (Å²) < 4.78 is 14.1. The lowest BCUT2D eigenvalue weighted by Gasteiger charge is -2.37. The summed E-state index contributed by atoms with van der Waals surface area (Å²) in [5, 5.41) is 1.02. The Morgan fingerprint density at radius 1 is 0.839 bits per heavy atom. The zero-order chi connectivity index (χ0) is 44.7. The van der Waals surface area contributed by atoms with Crippen LogP contribution in [0.15, 0.2) is 72.9 Å². The van der Waals surface area contributed by atoms with Gasteiger partial charge in [0.1, 0.15) is 17.3 Å². The Morgan fingerprint density at radius 2 is 1.52 bits per heavy atom. The standard InChI is InChI=1S/C47H59Cl2N7O6/c1-31-42(57)23-35(30-61-7)46(59)53(5)38(22-32-10-15-36(48)16-11-32)28-52(4)47(60)40(51(2)3)25-45(58)56(31)27-34-12-17-37(49)24-43(34)62-39-18-13-33(14-19-39)41-26-50-44(54(41)6)29-55-20-8-9-21-55/h10-19,24,26,31,35,38,40H,8-9,20-23,25,27-30H2,1-7H3/t31-,35-,38+,40+/m0/s1. The van der Waals surface area contributed by atoms with Gasteiger partial charge in [0, 0.05) is 62.4 Å². The van der Waals surface area contributed by atoms with E-state index in [1.807, 2.05) is 49.6 Å². The second-order valence-corrected chi connectivity index (χ2v) is 17.7. The Bertz CT molecular complexity index is 2190. The summed E-state index contributed by atoms with van der Waals surface area (Å²) in [6, 6.07) is 18.0. The van der Waals surface area contributed by atoms with Crippen molar-refractivity contribution in [3.63, 3.8) is 0 Å². The molecule has 2 aliphatic rings. The molecule has 332 valence electrons. The number of ketones is 1. The highest BCUT2D eigenvalue weighted by molar-refractivity contribution is 6.31. The lowest BCUT2D eigenvalue weighted by atomic mass is 9.95. The van der Waals surface area contributed by atoms with Gasteiger partial charge >= 0.3 is 0 Å². The third kappa shape index (κ3) is 11.4. The monoisotopic (exact) mass is 887 g/mol. The molecule has 13 nitrogen and oxygen atoms in total. The van der Waals surface area contributed by atoms with Crippen LogP contribution in [0.2, 0.25) is 10.0 Å². The Labute approximate surface area is 375 Å². The molecule has 0 unspecified atom stereocenters. The number of hydrogen-bond donors (Lipinski definition) is 0. The maximum atomic E-state index is 14.6. The minimum atomic E-state index is -0.972. The van der Waals surface area contributed by atoms with Crippen molar-refractivity contribution in [3.05, 3.63) is 99.9 Å². The summed E-state index contributed by atoms with van der Waals surface area (Å²) in [6.07, 6.45) is 4.42. The Balaban J connectivity index is 1.27. The molecule has 1 aromatic heterocycles. The number of benzene rings is 3. The first-order valence-corrected chi connectivity index (χ1v) is 21.9. The number of nitrogens with zero attached hydrogens (tertiary/aromatic N) is 7. The van der Waals surface area contributed by atoms with Crippen LogP contribution in [0.25, 0.3) is 11.3 Å². The van der Waals surface area contributed by atoms with Crippen molar-refractivity contribution in [3.8, 4) is 22.8 Å². The number of Topliss-reactive ketones (excluding diaryl/α,β-unsaturated/α-hetero) is 1. The zero-order valence-electron chi connectivity index (χ0n) is 36.9. The lowest BCUT2D eigenvalue weighted by molar-refractivity contribution is -0.148. The van der Waals surface area contributed by atoms with Gasteiger partial charge in [-0.25, -0.2) is 4.98 Å². The number of amides is 3. The van der Waals surface area contributed by atoms with Gasteiger partial charge in [-0.1, -0.05) is 41.4 Å². The van der Waals surface area contributed by atoms with E-state index in [-0.39, 0.29) is 50.1 Å². The van der Waals surface area contributed by atoms with Crippen molar-refractivity contribution >= 4 is 46.7 Å². The van der Waals surface area contributed by atoms with Gasteiger partial charge in [-0.2, -0.15) is 0 Å². The number of aromatic nitrogens is 2. The minimum absolute atomic E-state index is 0.00492. The van der Waals surface area contributed by atoms with Crippen LogP contribution in [-0.2, 0) is 50.5 Å². The average molecular weight is 889 g/mol. The van der Waals surface area contributed by atoms with Gasteiger partial charge in [0.05, 0.1) is 62.1 Å². The number of halogens is 2. The first-order chi connectivity index (χ1) is 29.6. The number of rotatable bonds is 12. The van der Waals surface area contributed by atoms with Crippen LogP contribution in [0, 0.1) is 5.92 Å². The number of methoxy groups -OCH3 is 1. The van der Waals surface area contributed by atoms with E-state index in [9.17, 15) is 19.2 Å². The molecule has 0 N–H and O–H groups in total. The number of hydrogen-bond acceptors (Lipinski definition) is 9. The minimum Gasteiger partial charge on any atom is -0.457 e. The fourth-order valence-corrected chi connectivity index (χ4v) is 8.62. The van der Waals surface area contributed by atoms with Crippen LogP contribution < -0.4 is 4.74 Å². The normalized spacial score (nSPS) is 21.3. The van der Waals surface area contributed by atoms with E-state index >= 15 is 0 Å². The number of carbonyl (C=O) groups excluding carboxylic acids is 4. The number of carbonyl (C=O) groups is 4. The predicted octanol–water partition coefficient (Wildman–Crippen LogP) is 6.58. The molecule has 0 saturated carbocycles. The lowest BCUT2D eigenvalue weighted by Crippen LogP contribution is -2.54. The van der Waals surface area contributed by atoms with E-state index in [0.29, 0.717) is 33.5 Å². The van der Waals surface area contributed by atoms with Crippen LogP contribution in [-0.4, -0.2) is 137 Å². The molecule has 0 aliphatic carbocycles. The molecule has 0 radical (unpaired) electrons. The molecular weight excluding hydrogens is 829 g/mol. The molecule has 62 heavy (non-hydrogen) atoms. The maximum Gasteiger partial charge on any atom is 0.240 e. The quantitative estimate of drug-likeness (QED) is 0.155. The molecule has 0 spiro atoms. The van der Waals surface area contributed by atoms with E-state index in [1.54, 1.807) is 80.1 Å². The molecule has 3 amide bonds. The first-order valence-electron chi connectivity index (χ1n) is 21.2. The van der Waals surface area contributed by atoms with Gasteiger partial charge in [-0.3, -0.25) is 29.0 Å². The largest absolute Gasteiger partial charge is 0.457 e. The van der Waals surface area contributed by atoms with Gasteiger partial charge in [0.2, 0.25) is 17.7 Å². The van der Waals surface area contributed by atoms with E-state index in [1.165, 1.54) is 24.9 Å². The second kappa shape index (κ2) is 21.1. The maximum absolute atomic E-state index is 14.6. The summed E-state index contributed by atoms with van der Waals surface area (Å²) in [4.78, 5) is 71.0. The second-order valence-electron chi connectivity index (χ2n) is 16.8. The molecule has 2 fully saturated rings. The molecular formula is C47H59Cl2N7O6. The Kier molecular flexibility index (Phi) is 15.9. The summed E-state index contributed by atoms with van der Waals surface area (Å²) in [5.41, 5.74) is 3.51. The van der Waals surface area contributed by atoms with Crippen molar-refractivity contribution in [2.24, 2.45) is 13.0 Å². The van der Waals surface area contributed by atoms with Gasteiger partial charge in [-0.05, 0) is 107 Å². The van der Waals surface area contributed by atoms with Crippen molar-refractivity contribution in [1.82, 2.24) is 34.1 Å². The van der Waals surface area contributed by atoms with Gasteiger partial charge < -0.3 is 28.7 Å². The average Bonchev–Trinajstić information content (AvgIpc) is 3.91. The summed E-state index contributed by atoms with van der Waals surface area (Å²) in [7, 11) is 10.4. The topological polar surface area (TPSA) is 121 Å². The van der Waals surface area contributed by atoms with Crippen molar-refractivity contribution in [2.75, 3.05) is 61.5 Å². The fraction of sp³-hybridized carbons (Fsp3) is 0.468. The van der Waals surface area contributed by atoms with Crippen LogP contribution in [0.3, 0.4) is 0 Å². The molecule has 4 aromatic rings. The van der Waals surface area contributed by atoms with Crippen molar-refractivity contribution in [2.45, 2.75) is 70.2 Å². The van der Waals surface area contributed by atoms with E-state index in [0.717, 1.165) is 42.3 Å². The fourth-order valence-electron chi connectivity index (χ4n) is 8.33. The molecule has 2 saturated heterocycles. The summed E-state index contributed by atoms with van der Waals surface area (Å²) >= 11 is 12.7.